The minimum atomic E-state index is -0.296. The first-order chi connectivity index (χ1) is 14.6. The largest absolute Gasteiger partial charge is 0.497 e. The minimum Gasteiger partial charge on any atom is -0.497 e. The lowest BCUT2D eigenvalue weighted by atomic mass is 10.0. The van der Waals surface area contributed by atoms with Crippen LogP contribution in [0, 0.1) is 0 Å². The van der Waals surface area contributed by atoms with Crippen molar-refractivity contribution in [3.8, 4) is 11.5 Å². The van der Waals surface area contributed by atoms with E-state index in [1.165, 1.54) is 4.90 Å². The van der Waals surface area contributed by atoms with Crippen LogP contribution in [-0.2, 0) is 9.59 Å². The average molecular weight is 406 g/mol. The average Bonchev–Trinajstić information content (AvgIpc) is 3.05. The summed E-state index contributed by atoms with van der Waals surface area (Å²) in [4.78, 5) is 30.3. The van der Waals surface area contributed by atoms with Gasteiger partial charge in [0.2, 0.25) is 0 Å². The zero-order valence-electron chi connectivity index (χ0n) is 17.4. The summed E-state index contributed by atoms with van der Waals surface area (Å²) in [5.74, 6) is 0.852. The number of methoxy groups -OCH3 is 1. The number of piperidine rings is 1. The Morgan fingerprint density at radius 1 is 0.833 bits per heavy atom. The first-order valence-electron chi connectivity index (χ1n) is 10.4. The number of amides is 2. The number of carbonyl (C=O) groups is 2. The molecule has 0 saturated carbocycles. The number of hydrogen-bond acceptors (Lipinski definition) is 5. The van der Waals surface area contributed by atoms with Gasteiger partial charge in [0, 0.05) is 13.1 Å². The van der Waals surface area contributed by atoms with Gasteiger partial charge in [-0.15, -0.1) is 0 Å². The molecule has 0 N–H and O–H groups in total. The molecule has 2 aliphatic heterocycles. The van der Waals surface area contributed by atoms with Gasteiger partial charge in [-0.2, -0.15) is 0 Å². The number of carbonyl (C=O) groups excluding carboxylic acids is 2. The maximum Gasteiger partial charge on any atom is 0.282 e. The molecule has 156 valence electrons. The SMILES string of the molecule is CCOc1ccc(C2=C(N3CCCCC3)C(=O)N(c3ccc(OC)cc3)C2=O)cc1. The molecular formula is C24H26N2O4. The number of rotatable bonds is 6. The summed E-state index contributed by atoms with van der Waals surface area (Å²) in [7, 11) is 1.58. The molecule has 6 nitrogen and oxygen atoms in total. The van der Waals surface area contributed by atoms with Gasteiger partial charge in [0.1, 0.15) is 17.2 Å². The number of nitrogens with zero attached hydrogens (tertiary/aromatic N) is 2. The standard InChI is InChI=1S/C24H26N2O4/c1-3-30-20-11-7-17(8-12-20)21-22(25-15-5-4-6-16-25)24(28)26(23(21)27)18-9-13-19(29-2)14-10-18/h7-14H,3-6,15-16H2,1-2H3. The van der Waals surface area contributed by atoms with Gasteiger partial charge < -0.3 is 14.4 Å². The summed E-state index contributed by atoms with van der Waals surface area (Å²) in [5.41, 5.74) is 2.23. The number of anilines is 1. The molecule has 2 aliphatic rings. The highest BCUT2D eigenvalue weighted by Crippen LogP contribution is 2.36. The molecule has 2 amide bonds. The second-order valence-corrected chi connectivity index (χ2v) is 7.37. The Morgan fingerprint density at radius 2 is 1.47 bits per heavy atom. The third-order valence-corrected chi connectivity index (χ3v) is 5.52. The van der Waals surface area contributed by atoms with Gasteiger partial charge in [-0.1, -0.05) is 12.1 Å². The van der Waals surface area contributed by atoms with Crippen molar-refractivity contribution in [2.75, 3.05) is 31.7 Å². The molecule has 1 fully saturated rings. The van der Waals surface area contributed by atoms with Crippen molar-refractivity contribution < 1.29 is 19.1 Å². The molecule has 0 spiro atoms. The molecule has 2 aromatic carbocycles. The van der Waals surface area contributed by atoms with Gasteiger partial charge in [-0.25, -0.2) is 4.90 Å². The van der Waals surface area contributed by atoms with Crippen LogP contribution in [0.15, 0.2) is 54.2 Å². The minimum absolute atomic E-state index is 0.268. The second kappa shape index (κ2) is 8.61. The van der Waals surface area contributed by atoms with Crippen molar-refractivity contribution in [3.63, 3.8) is 0 Å². The van der Waals surface area contributed by atoms with Crippen molar-refractivity contribution in [3.05, 3.63) is 59.8 Å². The Kier molecular flexibility index (Phi) is 5.74. The third kappa shape index (κ3) is 3.65. The number of likely N-dealkylation sites (tertiary alicyclic amines) is 1. The van der Waals surface area contributed by atoms with Crippen LogP contribution in [0.25, 0.3) is 5.57 Å². The monoisotopic (exact) mass is 406 g/mol. The Labute approximate surface area is 176 Å². The highest BCUT2D eigenvalue weighted by Gasteiger charge is 2.42. The zero-order chi connectivity index (χ0) is 21.1. The molecular weight excluding hydrogens is 380 g/mol. The first-order valence-corrected chi connectivity index (χ1v) is 10.4. The fraction of sp³-hybridized carbons (Fsp3) is 0.333. The first kappa shape index (κ1) is 20.0. The summed E-state index contributed by atoms with van der Waals surface area (Å²) >= 11 is 0. The highest BCUT2D eigenvalue weighted by molar-refractivity contribution is 6.45. The molecule has 2 heterocycles. The number of ether oxygens (including phenoxy) is 2. The van der Waals surface area contributed by atoms with E-state index in [4.69, 9.17) is 9.47 Å². The third-order valence-electron chi connectivity index (χ3n) is 5.52. The molecule has 6 heteroatoms. The Bertz CT molecular complexity index is 958. The predicted molar refractivity (Wildman–Crippen MR) is 115 cm³/mol. The Morgan fingerprint density at radius 3 is 2.07 bits per heavy atom. The lowest BCUT2D eigenvalue weighted by molar-refractivity contribution is -0.120. The van der Waals surface area contributed by atoms with Gasteiger partial charge in [0.05, 0.1) is 25.0 Å². The van der Waals surface area contributed by atoms with Crippen molar-refractivity contribution in [2.24, 2.45) is 0 Å². The van der Waals surface area contributed by atoms with Crippen LogP contribution in [0.3, 0.4) is 0 Å². The molecule has 0 radical (unpaired) electrons. The summed E-state index contributed by atoms with van der Waals surface area (Å²) in [6, 6.07) is 14.4. The molecule has 0 aromatic heterocycles. The van der Waals surface area contributed by atoms with Gasteiger partial charge in [-0.3, -0.25) is 9.59 Å². The summed E-state index contributed by atoms with van der Waals surface area (Å²) in [6.07, 6.45) is 3.18. The topological polar surface area (TPSA) is 59.1 Å². The molecule has 0 bridgehead atoms. The Balaban J connectivity index is 1.75. The molecule has 0 atom stereocenters. The summed E-state index contributed by atoms with van der Waals surface area (Å²) in [6.45, 7) is 4.07. The zero-order valence-corrected chi connectivity index (χ0v) is 17.4. The van der Waals surface area contributed by atoms with E-state index in [1.807, 2.05) is 31.2 Å². The van der Waals surface area contributed by atoms with Crippen LogP contribution < -0.4 is 14.4 Å². The number of hydrogen-bond donors (Lipinski definition) is 0. The van der Waals surface area contributed by atoms with Crippen molar-refractivity contribution in [1.29, 1.82) is 0 Å². The van der Waals surface area contributed by atoms with E-state index < -0.39 is 0 Å². The van der Waals surface area contributed by atoms with Gasteiger partial charge >= 0.3 is 0 Å². The normalized spacial score (nSPS) is 17.0. The lowest BCUT2D eigenvalue weighted by Gasteiger charge is -2.29. The van der Waals surface area contributed by atoms with E-state index in [2.05, 4.69) is 4.90 Å². The lowest BCUT2D eigenvalue weighted by Crippen LogP contribution is -2.37. The number of imide groups is 1. The maximum atomic E-state index is 13.5. The van der Waals surface area contributed by atoms with Gasteiger partial charge in [0.25, 0.3) is 11.8 Å². The van der Waals surface area contributed by atoms with Crippen molar-refractivity contribution in [2.45, 2.75) is 26.2 Å². The molecule has 0 unspecified atom stereocenters. The van der Waals surface area contributed by atoms with Gasteiger partial charge in [-0.05, 0) is 68.1 Å². The molecule has 2 aromatic rings. The van der Waals surface area contributed by atoms with Crippen LogP contribution >= 0.6 is 0 Å². The molecule has 4 rings (SSSR count). The van der Waals surface area contributed by atoms with Crippen molar-refractivity contribution in [1.82, 2.24) is 4.90 Å². The van der Waals surface area contributed by atoms with E-state index >= 15 is 0 Å². The van der Waals surface area contributed by atoms with Crippen LogP contribution in [0.4, 0.5) is 5.69 Å². The quantitative estimate of drug-likeness (QED) is 0.682. The van der Waals surface area contributed by atoms with Crippen LogP contribution in [-0.4, -0.2) is 43.5 Å². The maximum absolute atomic E-state index is 13.5. The fourth-order valence-corrected chi connectivity index (χ4v) is 4.04. The van der Waals surface area contributed by atoms with E-state index in [0.717, 1.165) is 43.7 Å². The van der Waals surface area contributed by atoms with E-state index in [9.17, 15) is 9.59 Å². The molecule has 0 aliphatic carbocycles. The van der Waals surface area contributed by atoms with E-state index in [1.54, 1.807) is 31.4 Å². The van der Waals surface area contributed by atoms with Crippen molar-refractivity contribution >= 4 is 23.1 Å². The molecule has 30 heavy (non-hydrogen) atoms. The Hall–Kier alpha value is -3.28. The van der Waals surface area contributed by atoms with Crippen LogP contribution in [0.2, 0.25) is 0 Å². The van der Waals surface area contributed by atoms with Gasteiger partial charge in [0.15, 0.2) is 0 Å². The predicted octanol–water partition coefficient (Wildman–Crippen LogP) is 3.86. The second-order valence-electron chi connectivity index (χ2n) is 7.37. The van der Waals surface area contributed by atoms with E-state index in [0.29, 0.717) is 29.3 Å². The van der Waals surface area contributed by atoms with Crippen LogP contribution in [0.5, 0.6) is 11.5 Å². The summed E-state index contributed by atoms with van der Waals surface area (Å²) < 4.78 is 10.7. The molecule has 1 saturated heterocycles. The highest BCUT2D eigenvalue weighted by atomic mass is 16.5. The van der Waals surface area contributed by atoms with Crippen LogP contribution in [0.1, 0.15) is 31.7 Å². The van der Waals surface area contributed by atoms with E-state index in [-0.39, 0.29) is 11.8 Å². The summed E-state index contributed by atoms with van der Waals surface area (Å²) in [5, 5.41) is 0. The number of benzene rings is 2. The fourth-order valence-electron chi connectivity index (χ4n) is 4.04. The smallest absolute Gasteiger partial charge is 0.282 e.